The number of rotatable bonds is 2. The van der Waals surface area contributed by atoms with Crippen LogP contribution in [0.5, 0.6) is 5.75 Å². The van der Waals surface area contributed by atoms with Gasteiger partial charge in [-0.25, -0.2) is 0 Å². The van der Waals surface area contributed by atoms with Gasteiger partial charge in [-0.3, -0.25) is 9.11 Å². The third-order valence-electron chi connectivity index (χ3n) is 2.90. The zero-order chi connectivity index (χ0) is 15.3. The second kappa shape index (κ2) is 4.53. The predicted octanol–water partition coefficient (Wildman–Crippen LogP) is 0.271. The first-order chi connectivity index (χ1) is 9.00. The first-order valence-electron chi connectivity index (χ1n) is 5.28. The summed E-state index contributed by atoms with van der Waals surface area (Å²) in [5.74, 6) is -0.478. The zero-order valence-electron chi connectivity index (χ0n) is 9.88. The Labute approximate surface area is 115 Å². The molecule has 1 aliphatic rings. The number of hydrogen-bond acceptors (Lipinski definition) is 6. The number of phenolic OH excluding ortho intramolecular Hbond substituents is 1. The summed E-state index contributed by atoms with van der Waals surface area (Å²) in [6.45, 7) is 0. The molecule has 10 heteroatoms. The van der Waals surface area contributed by atoms with Crippen LogP contribution in [0.25, 0.3) is 6.08 Å². The highest BCUT2D eigenvalue weighted by molar-refractivity contribution is 7.90. The van der Waals surface area contributed by atoms with E-state index in [1.54, 1.807) is 0 Å². The number of hydrogen-bond donors (Lipinski definition) is 4. The average molecular weight is 321 g/mol. The molecule has 1 aromatic rings. The SMILES string of the molecule is NC1CC(S(=O)(=O)O)=Cc2cc(S(=O)(=O)O)cc(O)c21. The molecular formula is C10H11NO7S2. The molecule has 8 nitrogen and oxygen atoms in total. The topological polar surface area (TPSA) is 155 Å². The summed E-state index contributed by atoms with van der Waals surface area (Å²) in [6, 6.07) is 0.858. The maximum Gasteiger partial charge on any atom is 0.294 e. The molecule has 0 radical (unpaired) electrons. The molecule has 110 valence electrons. The van der Waals surface area contributed by atoms with Gasteiger partial charge in [0.15, 0.2) is 0 Å². The lowest BCUT2D eigenvalue weighted by molar-refractivity contribution is 0.452. The van der Waals surface area contributed by atoms with E-state index in [1.165, 1.54) is 0 Å². The van der Waals surface area contributed by atoms with Crippen LogP contribution in [0.3, 0.4) is 0 Å². The molecule has 1 atom stereocenters. The van der Waals surface area contributed by atoms with Crippen LogP contribution in [0.4, 0.5) is 0 Å². The molecule has 0 amide bonds. The van der Waals surface area contributed by atoms with Gasteiger partial charge >= 0.3 is 0 Å². The molecular weight excluding hydrogens is 310 g/mol. The number of aromatic hydroxyl groups is 1. The monoisotopic (exact) mass is 321 g/mol. The standard InChI is InChI=1S/C10H11NO7S2/c11-8-3-6(19(13,14)15)1-5-2-7(20(16,17)18)4-9(12)10(5)8/h1-2,4,8,12H,3,11H2,(H,13,14,15)(H,16,17,18). The molecule has 0 aromatic heterocycles. The third-order valence-corrected chi connectivity index (χ3v) is 4.68. The van der Waals surface area contributed by atoms with Crippen LogP contribution in [-0.4, -0.2) is 31.0 Å². The molecule has 0 saturated carbocycles. The maximum absolute atomic E-state index is 11.1. The highest BCUT2D eigenvalue weighted by atomic mass is 32.2. The molecule has 1 aliphatic carbocycles. The third kappa shape index (κ3) is 2.69. The van der Waals surface area contributed by atoms with E-state index in [1.807, 2.05) is 0 Å². The van der Waals surface area contributed by atoms with E-state index in [2.05, 4.69) is 0 Å². The van der Waals surface area contributed by atoms with Crippen molar-refractivity contribution in [1.29, 1.82) is 0 Å². The summed E-state index contributed by atoms with van der Waals surface area (Å²) >= 11 is 0. The summed E-state index contributed by atoms with van der Waals surface area (Å²) in [6.07, 6.45) is 0.771. The molecule has 0 fully saturated rings. The Balaban J connectivity index is 2.75. The van der Waals surface area contributed by atoms with Gasteiger partial charge in [0.2, 0.25) is 0 Å². The van der Waals surface area contributed by atoms with Crippen LogP contribution in [0.15, 0.2) is 21.9 Å². The first kappa shape index (κ1) is 14.9. The Morgan fingerprint density at radius 2 is 1.70 bits per heavy atom. The Hall–Kier alpha value is -1.46. The van der Waals surface area contributed by atoms with E-state index in [0.717, 1.165) is 18.2 Å². The van der Waals surface area contributed by atoms with Crippen LogP contribution in [0.1, 0.15) is 23.6 Å². The van der Waals surface area contributed by atoms with Crippen LogP contribution >= 0.6 is 0 Å². The van der Waals surface area contributed by atoms with Gasteiger partial charge < -0.3 is 10.8 Å². The van der Waals surface area contributed by atoms with Crippen LogP contribution in [0.2, 0.25) is 0 Å². The van der Waals surface area contributed by atoms with Crippen molar-refractivity contribution in [2.75, 3.05) is 0 Å². The Morgan fingerprint density at radius 3 is 2.20 bits per heavy atom. The van der Waals surface area contributed by atoms with Crippen LogP contribution < -0.4 is 5.73 Å². The largest absolute Gasteiger partial charge is 0.508 e. The smallest absolute Gasteiger partial charge is 0.294 e. The van der Waals surface area contributed by atoms with Gasteiger partial charge in [-0.15, -0.1) is 0 Å². The lowest BCUT2D eigenvalue weighted by Crippen LogP contribution is -2.19. The Kier molecular flexibility index (Phi) is 3.38. The van der Waals surface area contributed by atoms with E-state index in [-0.39, 0.29) is 17.5 Å². The van der Waals surface area contributed by atoms with Gasteiger partial charge in [-0.1, -0.05) is 0 Å². The van der Waals surface area contributed by atoms with Crippen LogP contribution in [0, 0.1) is 0 Å². The van der Waals surface area contributed by atoms with Crippen molar-refractivity contribution in [2.45, 2.75) is 17.4 Å². The lowest BCUT2D eigenvalue weighted by atomic mass is 9.92. The Morgan fingerprint density at radius 1 is 1.10 bits per heavy atom. The lowest BCUT2D eigenvalue weighted by Gasteiger charge is -2.22. The molecule has 1 unspecified atom stereocenters. The summed E-state index contributed by atoms with van der Waals surface area (Å²) in [5, 5.41) is 9.76. The van der Waals surface area contributed by atoms with E-state index < -0.39 is 41.8 Å². The second-order valence-electron chi connectivity index (χ2n) is 4.32. The first-order valence-corrected chi connectivity index (χ1v) is 8.16. The summed E-state index contributed by atoms with van der Waals surface area (Å²) in [5.41, 5.74) is 5.85. The molecule has 0 aliphatic heterocycles. The predicted molar refractivity (Wildman–Crippen MR) is 69.0 cm³/mol. The fourth-order valence-electron chi connectivity index (χ4n) is 2.04. The van der Waals surface area contributed by atoms with E-state index in [0.29, 0.717) is 0 Å². The van der Waals surface area contributed by atoms with Crippen molar-refractivity contribution in [3.05, 3.63) is 28.2 Å². The average Bonchev–Trinajstić information content (AvgIpc) is 2.25. The van der Waals surface area contributed by atoms with Crippen molar-refractivity contribution >= 4 is 26.3 Å². The van der Waals surface area contributed by atoms with Gasteiger partial charge in [0.25, 0.3) is 20.2 Å². The van der Waals surface area contributed by atoms with Crippen molar-refractivity contribution in [1.82, 2.24) is 0 Å². The molecule has 20 heavy (non-hydrogen) atoms. The maximum atomic E-state index is 11.1. The molecule has 0 heterocycles. The minimum Gasteiger partial charge on any atom is -0.508 e. The summed E-state index contributed by atoms with van der Waals surface area (Å²) in [4.78, 5) is -1.00. The molecule has 0 saturated heterocycles. The van der Waals surface area contributed by atoms with E-state index in [4.69, 9.17) is 14.8 Å². The van der Waals surface area contributed by atoms with Crippen molar-refractivity contribution in [3.8, 4) is 5.75 Å². The molecule has 0 bridgehead atoms. The quantitative estimate of drug-likeness (QED) is 0.566. The normalized spacial score (nSPS) is 19.4. The fraction of sp³-hybridized carbons (Fsp3) is 0.200. The highest BCUT2D eigenvalue weighted by Gasteiger charge is 2.28. The zero-order valence-corrected chi connectivity index (χ0v) is 11.5. The van der Waals surface area contributed by atoms with Crippen molar-refractivity contribution in [2.24, 2.45) is 5.73 Å². The van der Waals surface area contributed by atoms with Gasteiger partial charge in [0.05, 0.1) is 9.80 Å². The highest BCUT2D eigenvalue weighted by Crippen LogP contribution is 2.39. The van der Waals surface area contributed by atoms with Crippen molar-refractivity contribution in [3.63, 3.8) is 0 Å². The summed E-state index contributed by atoms with van der Waals surface area (Å²) < 4.78 is 62.3. The number of fused-ring (bicyclic) bond motifs is 1. The second-order valence-corrected chi connectivity index (χ2v) is 7.21. The fourth-order valence-corrected chi connectivity index (χ4v) is 3.24. The van der Waals surface area contributed by atoms with Gasteiger partial charge in [0, 0.05) is 24.1 Å². The van der Waals surface area contributed by atoms with Gasteiger partial charge in [-0.2, -0.15) is 16.8 Å². The number of nitrogens with two attached hydrogens (primary N) is 1. The van der Waals surface area contributed by atoms with Crippen LogP contribution in [-0.2, 0) is 20.2 Å². The van der Waals surface area contributed by atoms with Gasteiger partial charge in [-0.05, 0) is 17.7 Å². The van der Waals surface area contributed by atoms with Gasteiger partial charge in [0.1, 0.15) is 5.75 Å². The van der Waals surface area contributed by atoms with E-state index >= 15 is 0 Å². The molecule has 1 aromatic carbocycles. The number of phenols is 1. The Bertz CT molecular complexity index is 808. The van der Waals surface area contributed by atoms with Crippen molar-refractivity contribution < 1.29 is 31.0 Å². The molecule has 0 spiro atoms. The molecule has 5 N–H and O–H groups in total. The molecule has 2 rings (SSSR count). The number of benzene rings is 1. The van der Waals surface area contributed by atoms with E-state index in [9.17, 15) is 21.9 Å². The minimum absolute atomic E-state index is 0.00370. The minimum atomic E-state index is -4.57. The summed E-state index contributed by atoms with van der Waals surface area (Å²) in [7, 11) is -9.05.